The maximum atomic E-state index is 12.2. The molecular formula is C45H90N2O2. The normalized spacial score (nSPS) is 12.8. The fraction of sp³-hybridized carbons (Fsp3) is 0.956. The Bertz CT molecular complexity index is 625. The van der Waals surface area contributed by atoms with E-state index in [1.54, 1.807) is 0 Å². The van der Waals surface area contributed by atoms with Crippen LogP contribution in [-0.2, 0) is 9.59 Å². The van der Waals surface area contributed by atoms with E-state index in [-0.39, 0.29) is 23.7 Å². The van der Waals surface area contributed by atoms with Gasteiger partial charge in [0, 0.05) is 11.8 Å². The lowest BCUT2D eigenvalue weighted by atomic mass is 9.86. The Balaban J connectivity index is 3.68. The average molecular weight is 691 g/mol. The van der Waals surface area contributed by atoms with Crippen LogP contribution in [0.4, 0.5) is 0 Å². The van der Waals surface area contributed by atoms with Crippen LogP contribution in [0.2, 0.25) is 0 Å². The van der Waals surface area contributed by atoms with E-state index < -0.39 is 0 Å². The summed E-state index contributed by atoms with van der Waals surface area (Å²) >= 11 is 0. The summed E-state index contributed by atoms with van der Waals surface area (Å²) in [6.45, 7) is 4.58. The van der Waals surface area contributed by atoms with Gasteiger partial charge < -0.3 is 11.5 Å². The van der Waals surface area contributed by atoms with E-state index in [9.17, 15) is 9.59 Å². The van der Waals surface area contributed by atoms with Gasteiger partial charge in [-0.1, -0.05) is 245 Å². The van der Waals surface area contributed by atoms with Crippen LogP contribution in [0.25, 0.3) is 0 Å². The molecule has 0 aromatic rings. The second-order valence-electron chi connectivity index (χ2n) is 16.0. The summed E-state index contributed by atoms with van der Waals surface area (Å²) in [6, 6.07) is 0. The average Bonchev–Trinajstić information content (AvgIpc) is 3.08. The van der Waals surface area contributed by atoms with Gasteiger partial charge in [-0.3, -0.25) is 9.59 Å². The van der Waals surface area contributed by atoms with Gasteiger partial charge in [-0.2, -0.15) is 0 Å². The van der Waals surface area contributed by atoms with Crippen LogP contribution in [0.5, 0.6) is 0 Å². The molecule has 0 spiro atoms. The summed E-state index contributed by atoms with van der Waals surface area (Å²) in [6.07, 6.45) is 51.0. The van der Waals surface area contributed by atoms with Crippen LogP contribution < -0.4 is 11.5 Å². The van der Waals surface area contributed by atoms with Crippen molar-refractivity contribution < 1.29 is 9.59 Å². The Labute approximate surface area is 308 Å². The van der Waals surface area contributed by atoms with Gasteiger partial charge in [0.2, 0.25) is 11.8 Å². The van der Waals surface area contributed by atoms with Crippen molar-refractivity contribution in [3.63, 3.8) is 0 Å². The smallest absolute Gasteiger partial charge is 0.220 e. The number of nitrogens with two attached hydrogens (primary N) is 2. The Morgan fingerprint density at radius 3 is 0.633 bits per heavy atom. The van der Waals surface area contributed by atoms with Gasteiger partial charge in [0.1, 0.15) is 0 Å². The standard InChI is InChI=1S/C45H90N2O2/c1-3-5-7-9-11-13-15-17-19-21-23-25-27-29-31-33-35-37-39-42(44(46)48)41-43(45(47)49)40-38-36-34-32-30-28-26-24-22-20-18-16-14-12-10-8-6-4-2/h42-43H,3-41H2,1-2H3,(H2,46,48)(H2,47,49). The number of hydrogen-bond acceptors (Lipinski definition) is 2. The predicted octanol–water partition coefficient (Wildman–Crippen LogP) is 14.4. The fourth-order valence-electron chi connectivity index (χ4n) is 7.68. The highest BCUT2D eigenvalue weighted by Gasteiger charge is 2.24. The molecular weight excluding hydrogens is 601 g/mol. The van der Waals surface area contributed by atoms with Gasteiger partial charge in [-0.15, -0.1) is 0 Å². The number of amides is 2. The van der Waals surface area contributed by atoms with Crippen LogP contribution in [0.1, 0.15) is 264 Å². The number of rotatable bonds is 42. The summed E-state index contributed by atoms with van der Waals surface area (Å²) in [5, 5.41) is 0. The zero-order chi connectivity index (χ0) is 35.9. The maximum absolute atomic E-state index is 12.2. The van der Waals surface area contributed by atoms with Gasteiger partial charge in [0.05, 0.1) is 0 Å². The van der Waals surface area contributed by atoms with Gasteiger partial charge >= 0.3 is 0 Å². The third kappa shape index (κ3) is 36.5. The molecule has 0 rings (SSSR count). The molecule has 2 unspecified atom stereocenters. The molecule has 0 aliphatic rings. The second-order valence-corrected chi connectivity index (χ2v) is 16.0. The van der Waals surface area contributed by atoms with Gasteiger partial charge in [-0.25, -0.2) is 0 Å². The minimum absolute atomic E-state index is 0.214. The largest absolute Gasteiger partial charge is 0.369 e. The molecule has 0 heterocycles. The highest BCUT2D eigenvalue weighted by atomic mass is 16.1. The minimum Gasteiger partial charge on any atom is -0.369 e. The minimum atomic E-state index is -0.254. The quantitative estimate of drug-likeness (QED) is 0.0625. The molecule has 0 radical (unpaired) electrons. The number of hydrogen-bond donors (Lipinski definition) is 2. The summed E-state index contributed by atoms with van der Waals surface area (Å²) in [7, 11) is 0. The van der Waals surface area contributed by atoms with Gasteiger partial charge in [-0.05, 0) is 19.3 Å². The molecule has 0 fully saturated rings. The Morgan fingerprint density at radius 1 is 0.306 bits per heavy atom. The Hall–Kier alpha value is -1.06. The van der Waals surface area contributed by atoms with Crippen molar-refractivity contribution in [2.45, 2.75) is 264 Å². The van der Waals surface area contributed by atoms with Crippen molar-refractivity contribution in [1.82, 2.24) is 0 Å². The summed E-state index contributed by atoms with van der Waals surface area (Å²) < 4.78 is 0. The van der Waals surface area contributed by atoms with Crippen LogP contribution in [0.15, 0.2) is 0 Å². The molecule has 4 heteroatoms. The van der Waals surface area contributed by atoms with Gasteiger partial charge in [0.15, 0.2) is 0 Å². The number of unbranched alkanes of at least 4 members (excludes halogenated alkanes) is 34. The van der Waals surface area contributed by atoms with E-state index in [1.165, 1.54) is 205 Å². The monoisotopic (exact) mass is 691 g/mol. The van der Waals surface area contributed by atoms with Crippen molar-refractivity contribution in [2.24, 2.45) is 23.3 Å². The topological polar surface area (TPSA) is 86.2 Å². The second kappa shape index (κ2) is 39.7. The van der Waals surface area contributed by atoms with E-state index in [1.807, 2.05) is 0 Å². The number of carbonyl (C=O) groups excluding carboxylic acids is 2. The Kier molecular flexibility index (Phi) is 38.9. The van der Waals surface area contributed by atoms with Gasteiger partial charge in [0.25, 0.3) is 0 Å². The van der Waals surface area contributed by atoms with Crippen molar-refractivity contribution in [3.8, 4) is 0 Å². The first-order chi connectivity index (χ1) is 24.0. The molecule has 2 atom stereocenters. The van der Waals surface area contributed by atoms with E-state index in [2.05, 4.69) is 13.8 Å². The highest BCUT2D eigenvalue weighted by Crippen LogP contribution is 2.24. The molecule has 0 aliphatic heterocycles. The third-order valence-corrected chi connectivity index (χ3v) is 11.2. The fourth-order valence-corrected chi connectivity index (χ4v) is 7.68. The molecule has 0 bridgehead atoms. The summed E-state index contributed by atoms with van der Waals surface area (Å²) in [5.41, 5.74) is 11.5. The molecule has 0 aromatic carbocycles. The Morgan fingerprint density at radius 2 is 0.469 bits per heavy atom. The van der Waals surface area contributed by atoms with Crippen LogP contribution in [0.3, 0.4) is 0 Å². The molecule has 0 aromatic heterocycles. The lowest BCUT2D eigenvalue weighted by Gasteiger charge is -2.19. The molecule has 0 aliphatic carbocycles. The number of carbonyl (C=O) groups is 2. The van der Waals surface area contributed by atoms with E-state index in [0.29, 0.717) is 6.42 Å². The first kappa shape index (κ1) is 47.9. The van der Waals surface area contributed by atoms with Crippen LogP contribution in [-0.4, -0.2) is 11.8 Å². The zero-order valence-corrected chi connectivity index (χ0v) is 33.7. The molecule has 4 N–H and O–H groups in total. The van der Waals surface area contributed by atoms with E-state index in [4.69, 9.17) is 11.5 Å². The molecule has 4 nitrogen and oxygen atoms in total. The molecule has 49 heavy (non-hydrogen) atoms. The maximum Gasteiger partial charge on any atom is 0.220 e. The van der Waals surface area contributed by atoms with Crippen LogP contribution >= 0.6 is 0 Å². The lowest BCUT2D eigenvalue weighted by molar-refractivity contribution is -0.125. The van der Waals surface area contributed by atoms with Crippen molar-refractivity contribution in [2.75, 3.05) is 0 Å². The van der Waals surface area contributed by atoms with Crippen molar-refractivity contribution >= 4 is 11.8 Å². The summed E-state index contributed by atoms with van der Waals surface area (Å²) in [5.74, 6) is -0.935. The molecule has 0 saturated carbocycles. The van der Waals surface area contributed by atoms with Crippen molar-refractivity contribution in [3.05, 3.63) is 0 Å². The lowest BCUT2D eigenvalue weighted by Crippen LogP contribution is -2.31. The number of primary amides is 2. The SMILES string of the molecule is CCCCCCCCCCCCCCCCCCCCC(CC(CCCCCCCCCCCCCCCCCCCC)C(N)=O)C(N)=O. The molecule has 2 amide bonds. The van der Waals surface area contributed by atoms with Crippen LogP contribution in [0, 0.1) is 11.8 Å². The van der Waals surface area contributed by atoms with E-state index in [0.717, 1.165) is 38.5 Å². The first-order valence-electron chi connectivity index (χ1n) is 22.6. The highest BCUT2D eigenvalue weighted by molar-refractivity contribution is 5.80. The van der Waals surface area contributed by atoms with E-state index >= 15 is 0 Å². The third-order valence-electron chi connectivity index (χ3n) is 11.2. The first-order valence-corrected chi connectivity index (χ1v) is 22.6. The van der Waals surface area contributed by atoms with Crippen molar-refractivity contribution in [1.29, 1.82) is 0 Å². The zero-order valence-electron chi connectivity index (χ0n) is 33.7. The predicted molar refractivity (Wildman–Crippen MR) is 217 cm³/mol. The summed E-state index contributed by atoms with van der Waals surface area (Å²) in [4.78, 5) is 24.4. The molecule has 0 saturated heterocycles. The molecule has 292 valence electrons.